The average molecular weight is 289 g/mol. The van der Waals surface area contributed by atoms with Gasteiger partial charge >= 0.3 is 0 Å². The summed E-state index contributed by atoms with van der Waals surface area (Å²) in [7, 11) is 1.67. The molecule has 1 aliphatic rings. The van der Waals surface area contributed by atoms with E-state index >= 15 is 0 Å². The first-order chi connectivity index (χ1) is 10.1. The SMILES string of the molecule is COC[C@@H]1CN(C(=O)c2cc(C)oc2C)Cc2cncn21. The summed E-state index contributed by atoms with van der Waals surface area (Å²) in [5.41, 5.74) is 1.66. The summed E-state index contributed by atoms with van der Waals surface area (Å²) in [5.74, 6) is 1.42. The number of fused-ring (bicyclic) bond motifs is 1. The van der Waals surface area contributed by atoms with Crippen LogP contribution in [0.4, 0.5) is 0 Å². The molecule has 0 aromatic carbocycles. The summed E-state index contributed by atoms with van der Waals surface area (Å²) in [4.78, 5) is 18.7. The summed E-state index contributed by atoms with van der Waals surface area (Å²) in [6.45, 7) is 5.39. The number of aromatic nitrogens is 2. The molecule has 6 nitrogen and oxygen atoms in total. The number of hydrogen-bond donors (Lipinski definition) is 0. The van der Waals surface area contributed by atoms with E-state index in [1.54, 1.807) is 25.7 Å². The van der Waals surface area contributed by atoms with Gasteiger partial charge < -0.3 is 18.6 Å². The van der Waals surface area contributed by atoms with Crippen molar-refractivity contribution in [2.75, 3.05) is 20.3 Å². The second-order valence-electron chi connectivity index (χ2n) is 5.41. The van der Waals surface area contributed by atoms with E-state index in [4.69, 9.17) is 9.15 Å². The molecule has 6 heteroatoms. The predicted molar refractivity (Wildman–Crippen MR) is 76.1 cm³/mol. The Kier molecular flexibility index (Phi) is 3.55. The molecule has 0 radical (unpaired) electrons. The first-order valence-electron chi connectivity index (χ1n) is 6.96. The van der Waals surface area contributed by atoms with Crippen LogP contribution in [0.2, 0.25) is 0 Å². The molecule has 3 heterocycles. The van der Waals surface area contributed by atoms with Crippen LogP contribution in [0.3, 0.4) is 0 Å². The predicted octanol–water partition coefficient (Wildman–Crippen LogP) is 1.94. The fourth-order valence-corrected chi connectivity index (χ4v) is 2.88. The second-order valence-corrected chi connectivity index (χ2v) is 5.41. The molecule has 3 rings (SSSR count). The van der Waals surface area contributed by atoms with Crippen LogP contribution < -0.4 is 0 Å². The summed E-state index contributed by atoms with van der Waals surface area (Å²) in [6.07, 6.45) is 3.60. The minimum atomic E-state index is -0.00194. The van der Waals surface area contributed by atoms with Gasteiger partial charge in [0.05, 0.1) is 36.8 Å². The van der Waals surface area contributed by atoms with Crippen LogP contribution in [0.25, 0.3) is 0 Å². The minimum Gasteiger partial charge on any atom is -0.466 e. The van der Waals surface area contributed by atoms with Crippen molar-refractivity contribution in [3.05, 3.63) is 41.4 Å². The largest absolute Gasteiger partial charge is 0.466 e. The highest BCUT2D eigenvalue weighted by Crippen LogP contribution is 2.24. The molecule has 21 heavy (non-hydrogen) atoms. The van der Waals surface area contributed by atoms with E-state index in [-0.39, 0.29) is 11.9 Å². The maximum absolute atomic E-state index is 12.7. The molecule has 0 saturated heterocycles. The highest BCUT2D eigenvalue weighted by Gasteiger charge is 2.29. The Morgan fingerprint density at radius 3 is 3.00 bits per heavy atom. The maximum Gasteiger partial charge on any atom is 0.257 e. The van der Waals surface area contributed by atoms with Gasteiger partial charge in [0, 0.05) is 19.9 Å². The Morgan fingerprint density at radius 2 is 2.33 bits per heavy atom. The van der Waals surface area contributed by atoms with E-state index in [9.17, 15) is 4.79 Å². The second kappa shape index (κ2) is 5.37. The Bertz CT molecular complexity index is 659. The van der Waals surface area contributed by atoms with Crippen LogP contribution in [-0.4, -0.2) is 40.6 Å². The highest BCUT2D eigenvalue weighted by atomic mass is 16.5. The first-order valence-corrected chi connectivity index (χ1v) is 6.96. The Hall–Kier alpha value is -2.08. The Labute approximate surface area is 123 Å². The van der Waals surface area contributed by atoms with Gasteiger partial charge in [-0.25, -0.2) is 4.98 Å². The van der Waals surface area contributed by atoms with Crippen molar-refractivity contribution in [3.8, 4) is 0 Å². The van der Waals surface area contributed by atoms with E-state index in [1.165, 1.54) is 0 Å². The number of hydrogen-bond acceptors (Lipinski definition) is 4. The molecule has 2 aromatic rings. The number of amides is 1. The van der Waals surface area contributed by atoms with Gasteiger partial charge in [0.15, 0.2) is 0 Å². The van der Waals surface area contributed by atoms with Gasteiger partial charge in [0.2, 0.25) is 0 Å². The van der Waals surface area contributed by atoms with Gasteiger partial charge in [-0.2, -0.15) is 0 Å². The van der Waals surface area contributed by atoms with Gasteiger partial charge in [-0.3, -0.25) is 4.79 Å². The van der Waals surface area contributed by atoms with Gasteiger partial charge in [0.25, 0.3) is 5.91 Å². The third-order valence-corrected chi connectivity index (χ3v) is 3.84. The zero-order chi connectivity index (χ0) is 15.0. The number of carbonyl (C=O) groups is 1. The van der Waals surface area contributed by atoms with Crippen molar-refractivity contribution in [1.29, 1.82) is 0 Å². The van der Waals surface area contributed by atoms with Crippen molar-refractivity contribution in [1.82, 2.24) is 14.5 Å². The van der Waals surface area contributed by atoms with E-state index in [0.717, 1.165) is 11.5 Å². The number of ether oxygens (including phenoxy) is 1. The third-order valence-electron chi connectivity index (χ3n) is 3.84. The van der Waals surface area contributed by atoms with Crippen molar-refractivity contribution < 1.29 is 13.9 Å². The maximum atomic E-state index is 12.7. The van der Waals surface area contributed by atoms with Gasteiger partial charge in [-0.15, -0.1) is 0 Å². The molecular formula is C15H19N3O3. The minimum absolute atomic E-state index is 0.00194. The van der Waals surface area contributed by atoms with Crippen molar-refractivity contribution >= 4 is 5.91 Å². The van der Waals surface area contributed by atoms with Crippen LogP contribution in [0.15, 0.2) is 23.0 Å². The molecule has 0 bridgehead atoms. The summed E-state index contributed by atoms with van der Waals surface area (Å²) >= 11 is 0. The number of rotatable bonds is 3. The van der Waals surface area contributed by atoms with Gasteiger partial charge in [-0.1, -0.05) is 0 Å². The van der Waals surface area contributed by atoms with Crippen LogP contribution in [0.5, 0.6) is 0 Å². The average Bonchev–Trinajstić information content (AvgIpc) is 3.04. The molecule has 0 spiro atoms. The molecule has 0 unspecified atom stereocenters. The monoisotopic (exact) mass is 289 g/mol. The molecule has 1 amide bonds. The van der Waals surface area contributed by atoms with Crippen LogP contribution in [-0.2, 0) is 11.3 Å². The molecule has 0 N–H and O–H groups in total. The van der Waals surface area contributed by atoms with Crippen molar-refractivity contribution in [2.45, 2.75) is 26.4 Å². The standard InChI is InChI=1S/C15H19N3O3/c1-10-4-14(11(2)21-10)15(19)17-6-12-5-16-9-18(12)13(7-17)8-20-3/h4-5,9,13H,6-8H2,1-3H3/t13-/m0/s1. The normalized spacial score (nSPS) is 17.9. The van der Waals surface area contributed by atoms with Crippen LogP contribution in [0, 0.1) is 13.8 Å². The van der Waals surface area contributed by atoms with Crippen molar-refractivity contribution in [2.24, 2.45) is 0 Å². The molecule has 0 saturated carbocycles. The first kappa shape index (κ1) is 13.9. The molecule has 1 atom stereocenters. The lowest BCUT2D eigenvalue weighted by atomic mass is 10.1. The molecule has 112 valence electrons. The summed E-state index contributed by atoms with van der Waals surface area (Å²) in [6, 6.07) is 1.90. The summed E-state index contributed by atoms with van der Waals surface area (Å²) in [5, 5.41) is 0. The lowest BCUT2D eigenvalue weighted by Crippen LogP contribution is -2.42. The van der Waals surface area contributed by atoms with E-state index in [0.29, 0.717) is 31.0 Å². The molecule has 2 aromatic heterocycles. The van der Waals surface area contributed by atoms with E-state index in [1.807, 2.05) is 18.7 Å². The molecular weight excluding hydrogens is 270 g/mol. The van der Waals surface area contributed by atoms with Crippen LogP contribution in [0.1, 0.15) is 33.6 Å². The fraction of sp³-hybridized carbons (Fsp3) is 0.467. The third kappa shape index (κ3) is 2.47. The Balaban J connectivity index is 1.87. The molecule has 0 fully saturated rings. The smallest absolute Gasteiger partial charge is 0.257 e. The highest BCUT2D eigenvalue weighted by molar-refractivity contribution is 5.95. The van der Waals surface area contributed by atoms with Gasteiger partial charge in [0.1, 0.15) is 11.5 Å². The number of furan rings is 1. The van der Waals surface area contributed by atoms with Crippen LogP contribution >= 0.6 is 0 Å². The van der Waals surface area contributed by atoms with Gasteiger partial charge in [-0.05, 0) is 19.9 Å². The van der Waals surface area contributed by atoms with E-state index in [2.05, 4.69) is 9.55 Å². The summed E-state index contributed by atoms with van der Waals surface area (Å²) < 4.78 is 12.8. The molecule has 1 aliphatic heterocycles. The lowest BCUT2D eigenvalue weighted by molar-refractivity contribution is 0.0598. The number of methoxy groups -OCH3 is 1. The zero-order valence-electron chi connectivity index (χ0n) is 12.5. The van der Waals surface area contributed by atoms with Crippen molar-refractivity contribution in [3.63, 3.8) is 0 Å². The lowest BCUT2D eigenvalue weighted by Gasteiger charge is -2.34. The zero-order valence-corrected chi connectivity index (χ0v) is 12.5. The number of aryl methyl sites for hydroxylation is 2. The number of carbonyl (C=O) groups excluding carboxylic acids is 1. The number of nitrogens with zero attached hydrogens (tertiary/aromatic N) is 3. The number of imidazole rings is 1. The Morgan fingerprint density at radius 1 is 1.52 bits per heavy atom. The quantitative estimate of drug-likeness (QED) is 0.866. The fourth-order valence-electron chi connectivity index (χ4n) is 2.88. The van der Waals surface area contributed by atoms with E-state index < -0.39 is 0 Å². The molecule has 0 aliphatic carbocycles. The topological polar surface area (TPSA) is 60.5 Å².